The van der Waals surface area contributed by atoms with Crippen molar-refractivity contribution in [3.63, 3.8) is 0 Å². The van der Waals surface area contributed by atoms with Gasteiger partial charge < -0.3 is 14.6 Å². The summed E-state index contributed by atoms with van der Waals surface area (Å²) >= 11 is 0. The second kappa shape index (κ2) is 6.19. The van der Waals surface area contributed by atoms with Gasteiger partial charge in [-0.2, -0.15) is 13.2 Å². The number of carbonyl (C=O) groups is 2. The van der Waals surface area contributed by atoms with Gasteiger partial charge in [0.1, 0.15) is 12.8 Å². The molecule has 1 aliphatic heterocycles. The van der Waals surface area contributed by atoms with E-state index >= 15 is 0 Å². The van der Waals surface area contributed by atoms with E-state index in [1.165, 1.54) is 23.5 Å². The Hall–Kier alpha value is -1.99. The number of hydrogen-bond donors (Lipinski definition) is 1. The van der Waals surface area contributed by atoms with Gasteiger partial charge in [-0.05, 0) is 18.9 Å². The second-order valence-corrected chi connectivity index (χ2v) is 4.94. The Labute approximate surface area is 119 Å². The minimum atomic E-state index is -4.43. The number of carbonyl (C=O) groups excluding carboxylic acids is 2. The number of piperidine rings is 1. The minimum Gasteiger partial charge on any atom is -0.472 e. The fourth-order valence-corrected chi connectivity index (χ4v) is 2.28. The van der Waals surface area contributed by atoms with Gasteiger partial charge in [-0.15, -0.1) is 0 Å². The number of hydrogen-bond acceptors (Lipinski definition) is 3. The maximum Gasteiger partial charge on any atom is 0.405 e. The summed E-state index contributed by atoms with van der Waals surface area (Å²) < 4.78 is 41.1. The largest absolute Gasteiger partial charge is 0.472 e. The normalized spacial score (nSPS) is 19.4. The van der Waals surface area contributed by atoms with Crippen molar-refractivity contribution < 1.29 is 27.2 Å². The third-order valence-corrected chi connectivity index (χ3v) is 3.31. The zero-order valence-electron chi connectivity index (χ0n) is 11.2. The molecule has 0 saturated carbocycles. The lowest BCUT2D eigenvalue weighted by Gasteiger charge is -2.31. The van der Waals surface area contributed by atoms with Crippen LogP contribution in [0.25, 0.3) is 0 Å². The van der Waals surface area contributed by atoms with Gasteiger partial charge in [-0.1, -0.05) is 0 Å². The van der Waals surface area contributed by atoms with Crippen LogP contribution in [0, 0.1) is 5.92 Å². The predicted octanol–water partition coefficient (Wildman–Crippen LogP) is 1.81. The summed E-state index contributed by atoms with van der Waals surface area (Å²) in [5.41, 5.74) is 0.367. The lowest BCUT2D eigenvalue weighted by atomic mass is 9.96. The molecular formula is C13H15F3N2O3. The molecule has 0 aromatic carbocycles. The highest BCUT2D eigenvalue weighted by Crippen LogP contribution is 2.20. The van der Waals surface area contributed by atoms with Gasteiger partial charge in [-0.3, -0.25) is 9.59 Å². The van der Waals surface area contributed by atoms with E-state index in [0.717, 1.165) is 0 Å². The number of nitrogens with one attached hydrogen (secondary N) is 1. The molecule has 0 unspecified atom stereocenters. The molecule has 1 saturated heterocycles. The summed E-state index contributed by atoms with van der Waals surface area (Å²) in [5.74, 6) is -1.56. The second-order valence-electron chi connectivity index (χ2n) is 4.94. The number of halogens is 3. The first kappa shape index (κ1) is 15.4. The van der Waals surface area contributed by atoms with Crippen molar-refractivity contribution in [3.05, 3.63) is 24.2 Å². The molecule has 1 N–H and O–H groups in total. The summed E-state index contributed by atoms with van der Waals surface area (Å²) in [7, 11) is 0. The molecule has 2 heterocycles. The van der Waals surface area contributed by atoms with Gasteiger partial charge in [0, 0.05) is 13.1 Å². The zero-order valence-corrected chi connectivity index (χ0v) is 11.2. The van der Waals surface area contributed by atoms with Crippen LogP contribution < -0.4 is 5.32 Å². The van der Waals surface area contributed by atoms with Crippen molar-refractivity contribution in [2.24, 2.45) is 5.92 Å². The van der Waals surface area contributed by atoms with Gasteiger partial charge in [0.05, 0.1) is 17.7 Å². The third-order valence-electron chi connectivity index (χ3n) is 3.31. The zero-order chi connectivity index (χ0) is 15.5. The molecule has 0 radical (unpaired) electrons. The SMILES string of the molecule is O=C(NCC(F)(F)F)[C@H]1CCCN(C(=O)c2ccoc2)C1. The van der Waals surface area contributed by atoms with Gasteiger partial charge >= 0.3 is 6.18 Å². The van der Waals surface area contributed by atoms with Crippen LogP contribution in [0.1, 0.15) is 23.2 Å². The molecule has 1 aromatic heterocycles. The molecule has 2 rings (SSSR count). The van der Waals surface area contributed by atoms with Crippen LogP contribution in [0.2, 0.25) is 0 Å². The predicted molar refractivity (Wildman–Crippen MR) is 66.4 cm³/mol. The van der Waals surface area contributed by atoms with Crippen molar-refractivity contribution >= 4 is 11.8 Å². The molecule has 8 heteroatoms. The molecular weight excluding hydrogens is 289 g/mol. The summed E-state index contributed by atoms with van der Waals surface area (Å²) in [5, 5.41) is 1.87. The summed E-state index contributed by atoms with van der Waals surface area (Å²) in [6.07, 6.45) is -0.719. The van der Waals surface area contributed by atoms with Gasteiger partial charge in [0.25, 0.3) is 5.91 Å². The molecule has 1 fully saturated rings. The van der Waals surface area contributed by atoms with Crippen molar-refractivity contribution in [2.75, 3.05) is 19.6 Å². The van der Waals surface area contributed by atoms with Crippen LogP contribution in [-0.2, 0) is 4.79 Å². The molecule has 21 heavy (non-hydrogen) atoms. The van der Waals surface area contributed by atoms with Crippen LogP contribution in [0.5, 0.6) is 0 Å². The first-order chi connectivity index (χ1) is 9.87. The highest BCUT2D eigenvalue weighted by atomic mass is 19.4. The Morgan fingerprint density at radius 2 is 2.19 bits per heavy atom. The van der Waals surface area contributed by atoms with Crippen LogP contribution in [-0.4, -0.2) is 42.5 Å². The molecule has 0 aliphatic carbocycles. The number of nitrogens with zero attached hydrogens (tertiary/aromatic N) is 1. The molecule has 1 aromatic rings. The number of alkyl halides is 3. The summed E-state index contributed by atoms with van der Waals surface area (Å²) in [6, 6.07) is 1.51. The van der Waals surface area contributed by atoms with E-state index in [4.69, 9.17) is 4.42 Å². The van der Waals surface area contributed by atoms with Gasteiger partial charge in [0.15, 0.2) is 0 Å². The Kier molecular flexibility index (Phi) is 4.54. The van der Waals surface area contributed by atoms with Crippen LogP contribution in [0.15, 0.2) is 23.0 Å². The lowest BCUT2D eigenvalue weighted by Crippen LogP contribution is -2.46. The number of furan rings is 1. The average molecular weight is 304 g/mol. The third kappa shape index (κ3) is 4.24. The average Bonchev–Trinajstić information content (AvgIpc) is 2.97. The van der Waals surface area contributed by atoms with Crippen molar-refractivity contribution in [1.82, 2.24) is 10.2 Å². The lowest BCUT2D eigenvalue weighted by molar-refractivity contribution is -0.141. The van der Waals surface area contributed by atoms with E-state index in [1.807, 2.05) is 5.32 Å². The quantitative estimate of drug-likeness (QED) is 0.926. The topological polar surface area (TPSA) is 62.6 Å². The highest BCUT2D eigenvalue weighted by molar-refractivity contribution is 5.94. The standard InChI is InChI=1S/C13H15F3N2O3/c14-13(15,16)8-17-11(19)9-2-1-4-18(6-9)12(20)10-3-5-21-7-10/h3,5,7,9H,1-2,4,6,8H2,(H,17,19)/t9-/m0/s1. The molecule has 116 valence electrons. The molecule has 1 aliphatic rings. The Bertz CT molecular complexity index is 499. The molecule has 2 amide bonds. The monoisotopic (exact) mass is 304 g/mol. The van der Waals surface area contributed by atoms with E-state index in [1.54, 1.807) is 0 Å². The molecule has 0 spiro atoms. The molecule has 1 atom stereocenters. The van der Waals surface area contributed by atoms with E-state index in [0.29, 0.717) is 24.9 Å². The first-order valence-electron chi connectivity index (χ1n) is 6.53. The first-order valence-corrected chi connectivity index (χ1v) is 6.53. The van der Waals surface area contributed by atoms with Crippen LogP contribution in [0.3, 0.4) is 0 Å². The summed E-state index contributed by atoms with van der Waals surface area (Å²) in [6.45, 7) is -0.751. The van der Waals surface area contributed by atoms with Crippen molar-refractivity contribution in [1.29, 1.82) is 0 Å². The maximum absolute atomic E-state index is 12.1. The van der Waals surface area contributed by atoms with E-state index in [2.05, 4.69) is 0 Å². The Balaban J connectivity index is 1.91. The Morgan fingerprint density at radius 1 is 1.43 bits per heavy atom. The molecule has 0 bridgehead atoms. The van der Waals surface area contributed by atoms with Crippen LogP contribution in [0.4, 0.5) is 13.2 Å². The van der Waals surface area contributed by atoms with E-state index in [9.17, 15) is 22.8 Å². The minimum absolute atomic E-state index is 0.119. The molecule has 5 nitrogen and oxygen atoms in total. The number of rotatable bonds is 3. The van der Waals surface area contributed by atoms with Gasteiger partial charge in [-0.25, -0.2) is 0 Å². The summed E-state index contributed by atoms with van der Waals surface area (Å²) in [4.78, 5) is 25.3. The van der Waals surface area contributed by atoms with Gasteiger partial charge in [0.2, 0.25) is 5.91 Å². The fraction of sp³-hybridized carbons (Fsp3) is 0.538. The highest BCUT2D eigenvalue weighted by Gasteiger charge is 2.32. The van der Waals surface area contributed by atoms with Crippen LogP contribution >= 0.6 is 0 Å². The van der Waals surface area contributed by atoms with Crippen molar-refractivity contribution in [3.8, 4) is 0 Å². The smallest absolute Gasteiger partial charge is 0.405 e. The fourth-order valence-electron chi connectivity index (χ4n) is 2.28. The van der Waals surface area contributed by atoms with Crippen molar-refractivity contribution in [2.45, 2.75) is 19.0 Å². The van der Waals surface area contributed by atoms with E-state index in [-0.39, 0.29) is 12.5 Å². The number of amides is 2. The van der Waals surface area contributed by atoms with E-state index < -0.39 is 24.5 Å². The number of likely N-dealkylation sites (tertiary alicyclic amines) is 1. The Morgan fingerprint density at radius 3 is 2.81 bits per heavy atom. The maximum atomic E-state index is 12.1.